The van der Waals surface area contributed by atoms with Crippen molar-refractivity contribution in [1.82, 2.24) is 29.5 Å². The van der Waals surface area contributed by atoms with E-state index in [9.17, 15) is 37.2 Å². The minimum atomic E-state index is -4.34. The Bertz CT molecular complexity index is 1510. The molecule has 55 heavy (non-hydrogen) atoms. The van der Waals surface area contributed by atoms with Crippen LogP contribution in [0.3, 0.4) is 0 Å². The standard InChI is InChI=1S/C38H67N7O9S/c1-23(2)26-19-20-45(30(26)33(48)40-27(31(46)32(39)47)21-24-15-14-16-24)34(49)29(25-17-12-11-13-18-25)42-35(50)41-28(37(3,4)5)22-43(9)55(52,53)44(10)36(51)54-38(6,7)8/h23-30H,11-22H2,1-10H3,(H2,39,47)(H,40,48)(H2,41,42,50)/t26?,27?,28-,29+,30+/m1/s1. The second-order valence-electron chi connectivity index (χ2n) is 18.1. The first-order chi connectivity index (χ1) is 25.3. The van der Waals surface area contributed by atoms with Gasteiger partial charge in [0.15, 0.2) is 0 Å². The number of hydrogen-bond donors (Lipinski definition) is 4. The van der Waals surface area contributed by atoms with Gasteiger partial charge in [-0.1, -0.05) is 73.1 Å². The van der Waals surface area contributed by atoms with Crippen molar-refractivity contribution in [3.63, 3.8) is 0 Å². The number of rotatable bonds is 15. The SMILES string of the molecule is CC(C)C1CCN(C(=O)[C@@H](NC(=O)N[C@H](CN(C)S(=O)(=O)N(C)C(=O)OC(C)(C)C)C(C)(C)C)C2CCCCC2)[C@@H]1C(=O)NC(CC1CCC1)C(=O)C(N)=O. The summed E-state index contributed by atoms with van der Waals surface area (Å²) >= 11 is 0. The number of urea groups is 1. The number of ether oxygens (including phenoxy) is 1. The van der Waals surface area contributed by atoms with Crippen LogP contribution >= 0.6 is 0 Å². The number of Topliss-reactive ketones (excluding diaryl/α,β-unsaturated/α-hetero) is 1. The number of primary amides is 1. The van der Waals surface area contributed by atoms with E-state index >= 15 is 0 Å². The summed E-state index contributed by atoms with van der Waals surface area (Å²) in [7, 11) is -1.93. The van der Waals surface area contributed by atoms with Crippen molar-refractivity contribution < 1.29 is 41.9 Å². The number of carbonyl (C=O) groups is 6. The number of carbonyl (C=O) groups excluding carboxylic acids is 6. The highest BCUT2D eigenvalue weighted by Crippen LogP contribution is 2.35. The summed E-state index contributed by atoms with van der Waals surface area (Å²) in [5.41, 5.74) is 3.78. The van der Waals surface area contributed by atoms with Crippen LogP contribution in [0.2, 0.25) is 0 Å². The van der Waals surface area contributed by atoms with Gasteiger partial charge in [0.25, 0.3) is 5.91 Å². The molecule has 2 aliphatic carbocycles. The van der Waals surface area contributed by atoms with Gasteiger partial charge >= 0.3 is 22.3 Å². The lowest BCUT2D eigenvalue weighted by atomic mass is 9.80. The average Bonchev–Trinajstić information content (AvgIpc) is 3.52. The van der Waals surface area contributed by atoms with Crippen molar-refractivity contribution in [3.8, 4) is 0 Å². The molecule has 0 aromatic rings. The van der Waals surface area contributed by atoms with E-state index in [1.807, 2.05) is 34.6 Å². The number of nitrogens with two attached hydrogens (primary N) is 1. The third-order valence-corrected chi connectivity index (χ3v) is 13.2. The van der Waals surface area contributed by atoms with Crippen LogP contribution in [-0.2, 0) is 34.1 Å². The molecule has 0 spiro atoms. The van der Waals surface area contributed by atoms with Crippen LogP contribution in [0.15, 0.2) is 0 Å². The molecule has 3 aliphatic rings. The topological polar surface area (TPSA) is 218 Å². The average molecular weight is 798 g/mol. The zero-order valence-electron chi connectivity index (χ0n) is 34.6. The Balaban J connectivity index is 1.86. The Morgan fingerprint density at radius 3 is 1.95 bits per heavy atom. The van der Waals surface area contributed by atoms with Crippen LogP contribution in [0.5, 0.6) is 0 Å². The fraction of sp³-hybridized carbons (Fsp3) is 0.842. The second-order valence-corrected chi connectivity index (χ2v) is 20.2. The molecule has 16 nitrogen and oxygen atoms in total. The fourth-order valence-corrected chi connectivity index (χ4v) is 8.69. The summed E-state index contributed by atoms with van der Waals surface area (Å²) in [6, 6.07) is -4.45. The summed E-state index contributed by atoms with van der Waals surface area (Å²) in [4.78, 5) is 81.6. The first-order valence-corrected chi connectivity index (χ1v) is 21.2. The zero-order valence-corrected chi connectivity index (χ0v) is 35.4. The van der Waals surface area contributed by atoms with Crippen LogP contribution in [0.4, 0.5) is 9.59 Å². The Morgan fingerprint density at radius 1 is 0.855 bits per heavy atom. The highest BCUT2D eigenvalue weighted by molar-refractivity contribution is 7.87. The molecular weight excluding hydrogens is 731 g/mol. The second kappa shape index (κ2) is 18.6. The van der Waals surface area contributed by atoms with Crippen LogP contribution < -0.4 is 21.7 Å². The smallest absolute Gasteiger partial charge is 0.424 e. The molecule has 0 aromatic carbocycles. The lowest BCUT2D eigenvalue weighted by Crippen LogP contribution is -2.61. The molecular formula is C38H67N7O9S. The van der Waals surface area contributed by atoms with Crippen LogP contribution in [-0.4, -0.2) is 115 Å². The molecule has 1 aliphatic heterocycles. The van der Waals surface area contributed by atoms with Gasteiger partial charge in [-0.25, -0.2) is 9.59 Å². The Morgan fingerprint density at radius 2 is 1.45 bits per heavy atom. The number of ketones is 1. The number of nitrogens with zero attached hydrogens (tertiary/aromatic N) is 3. The molecule has 3 fully saturated rings. The lowest BCUT2D eigenvalue weighted by Gasteiger charge is -2.38. The van der Waals surface area contributed by atoms with Gasteiger partial charge in [-0.05, 0) is 75.5 Å². The van der Waals surface area contributed by atoms with Crippen LogP contribution in [0.25, 0.3) is 0 Å². The van der Waals surface area contributed by atoms with Crippen LogP contribution in [0.1, 0.15) is 120 Å². The van der Waals surface area contributed by atoms with Gasteiger partial charge in [0.1, 0.15) is 17.7 Å². The predicted molar refractivity (Wildman–Crippen MR) is 207 cm³/mol. The number of likely N-dealkylation sites (tertiary alicyclic amines) is 1. The van der Waals surface area contributed by atoms with Crippen molar-refractivity contribution in [2.75, 3.05) is 27.2 Å². The van der Waals surface area contributed by atoms with Gasteiger partial charge in [-0.3, -0.25) is 19.2 Å². The van der Waals surface area contributed by atoms with E-state index in [-0.39, 0.29) is 36.8 Å². The molecule has 5 atom stereocenters. The number of nitrogens with one attached hydrogen (secondary N) is 3. The molecule has 314 valence electrons. The summed E-state index contributed by atoms with van der Waals surface area (Å²) < 4.78 is 33.5. The minimum absolute atomic E-state index is 0.00466. The lowest BCUT2D eigenvalue weighted by molar-refractivity contribution is -0.144. The van der Waals surface area contributed by atoms with Crippen LogP contribution in [0, 0.1) is 29.1 Å². The molecule has 1 saturated heterocycles. The van der Waals surface area contributed by atoms with Crippen molar-refractivity contribution in [2.24, 2.45) is 34.8 Å². The van der Waals surface area contributed by atoms with Gasteiger partial charge in [0, 0.05) is 33.2 Å². The fourth-order valence-electron chi connectivity index (χ4n) is 7.70. The first-order valence-electron chi connectivity index (χ1n) is 19.8. The van der Waals surface area contributed by atoms with Crippen molar-refractivity contribution in [1.29, 1.82) is 0 Å². The number of amides is 6. The Labute approximate surface area is 327 Å². The molecule has 1 heterocycles. The maximum Gasteiger partial charge on any atom is 0.424 e. The summed E-state index contributed by atoms with van der Waals surface area (Å²) in [6.45, 7) is 14.4. The number of likely N-dealkylation sites (N-methyl/N-ethyl adjacent to an activating group) is 1. The molecule has 5 N–H and O–H groups in total. The number of hydrogen-bond acceptors (Lipinski definition) is 9. The van der Waals surface area contributed by atoms with E-state index in [0.29, 0.717) is 30.0 Å². The van der Waals surface area contributed by atoms with Gasteiger partial charge < -0.3 is 31.3 Å². The molecule has 0 aromatic heterocycles. The summed E-state index contributed by atoms with van der Waals surface area (Å²) in [5, 5.41) is 8.62. The first kappa shape index (κ1) is 45.9. The highest BCUT2D eigenvalue weighted by Gasteiger charge is 2.47. The third-order valence-electron chi connectivity index (χ3n) is 11.4. The normalized spacial score (nSPS) is 21.6. The van der Waals surface area contributed by atoms with E-state index in [0.717, 1.165) is 49.9 Å². The largest absolute Gasteiger partial charge is 0.443 e. The van der Waals surface area contributed by atoms with Gasteiger partial charge in [0.05, 0.1) is 6.04 Å². The van der Waals surface area contributed by atoms with E-state index in [1.165, 1.54) is 11.9 Å². The summed E-state index contributed by atoms with van der Waals surface area (Å²) in [6.07, 6.45) is 6.69. The minimum Gasteiger partial charge on any atom is -0.443 e. The molecule has 2 saturated carbocycles. The molecule has 0 radical (unpaired) electrons. The molecule has 0 bridgehead atoms. The zero-order chi connectivity index (χ0) is 41.6. The van der Waals surface area contributed by atoms with Crippen molar-refractivity contribution >= 4 is 45.8 Å². The predicted octanol–water partition coefficient (Wildman–Crippen LogP) is 3.30. The molecule has 3 rings (SSSR count). The monoisotopic (exact) mass is 797 g/mol. The maximum absolute atomic E-state index is 14.7. The highest BCUT2D eigenvalue weighted by atomic mass is 32.2. The van der Waals surface area contributed by atoms with E-state index in [4.69, 9.17) is 10.5 Å². The molecule has 17 heteroatoms. The maximum atomic E-state index is 14.7. The summed E-state index contributed by atoms with van der Waals surface area (Å²) in [5.74, 6) is -3.17. The van der Waals surface area contributed by atoms with E-state index in [1.54, 1.807) is 20.8 Å². The third kappa shape index (κ3) is 12.3. The quantitative estimate of drug-likeness (QED) is 0.179. The van der Waals surface area contributed by atoms with Gasteiger partial charge in [-0.15, -0.1) is 0 Å². The van der Waals surface area contributed by atoms with E-state index in [2.05, 4.69) is 16.0 Å². The Hall–Kier alpha value is -3.47. The van der Waals surface area contributed by atoms with Crippen molar-refractivity contribution in [2.45, 2.75) is 149 Å². The molecule has 2 unspecified atom stereocenters. The molecule has 6 amide bonds. The Kier molecular flexibility index (Phi) is 15.6. The van der Waals surface area contributed by atoms with Crippen molar-refractivity contribution in [3.05, 3.63) is 0 Å². The van der Waals surface area contributed by atoms with Gasteiger partial charge in [-0.2, -0.15) is 17.0 Å². The van der Waals surface area contributed by atoms with Gasteiger partial charge in [0.2, 0.25) is 17.6 Å². The van der Waals surface area contributed by atoms with E-state index < -0.39 is 81.0 Å².